The Morgan fingerprint density at radius 2 is 2.19 bits per heavy atom. The molecule has 1 aliphatic rings. The van der Waals surface area contributed by atoms with E-state index in [0.29, 0.717) is 0 Å². The molecule has 1 fully saturated rings. The second kappa shape index (κ2) is 5.53. The molecule has 0 aromatic heterocycles. The molecule has 2 rings (SSSR count). The smallest absolute Gasteiger partial charge is 0.397 e. The number of carbonyl (C=O) groups excluding carboxylic acids is 1. The molecule has 112 valence electrons. The lowest BCUT2D eigenvalue weighted by molar-refractivity contribution is -0.137. The number of alkyl halides is 3. The fourth-order valence-corrected chi connectivity index (χ4v) is 2.24. The summed E-state index contributed by atoms with van der Waals surface area (Å²) in [6.45, 7) is 0.307. The molecule has 1 aromatic carbocycles. The van der Waals surface area contributed by atoms with Gasteiger partial charge in [0.25, 0.3) is 0 Å². The average Bonchev–Trinajstić information content (AvgIpc) is 2.76. The Morgan fingerprint density at radius 3 is 2.81 bits per heavy atom. The number of azide groups is 1. The van der Waals surface area contributed by atoms with Gasteiger partial charge in [-0.15, -0.1) is 0 Å². The summed E-state index contributed by atoms with van der Waals surface area (Å²) in [6, 6.07) is 2.87. The van der Waals surface area contributed by atoms with Gasteiger partial charge in [0.2, 0.25) is 5.91 Å². The Hall–Kier alpha value is -2.41. The molecular weight excluding hydrogens is 287 g/mol. The summed E-state index contributed by atoms with van der Waals surface area (Å²) >= 11 is 0. The number of halogens is 3. The van der Waals surface area contributed by atoms with Crippen LogP contribution in [0.25, 0.3) is 10.4 Å². The molecule has 1 aliphatic heterocycles. The molecule has 0 aliphatic carbocycles. The summed E-state index contributed by atoms with van der Waals surface area (Å²) in [5, 5.41) is 3.39. The number of rotatable bonds is 3. The van der Waals surface area contributed by atoms with Gasteiger partial charge >= 0.3 is 6.18 Å². The van der Waals surface area contributed by atoms with Crippen LogP contribution in [0.5, 0.6) is 0 Å². The van der Waals surface area contributed by atoms with Crippen molar-refractivity contribution < 1.29 is 18.0 Å². The minimum atomic E-state index is -4.50. The fourth-order valence-electron chi connectivity index (χ4n) is 2.24. The highest BCUT2D eigenvalue weighted by Gasteiger charge is 2.35. The average molecular weight is 299 g/mol. The zero-order valence-electron chi connectivity index (χ0n) is 10.8. The van der Waals surface area contributed by atoms with Crippen LogP contribution >= 0.6 is 0 Å². The summed E-state index contributed by atoms with van der Waals surface area (Å²) < 4.78 is 38.2. The number of nitrogens with two attached hydrogens (primary N) is 1. The number of hydrogen-bond acceptors (Lipinski definition) is 3. The lowest BCUT2D eigenvalue weighted by Gasteiger charge is -2.20. The van der Waals surface area contributed by atoms with Crippen LogP contribution in [-0.2, 0) is 11.0 Å². The van der Waals surface area contributed by atoms with Crippen molar-refractivity contribution >= 4 is 17.3 Å². The molecule has 0 radical (unpaired) electrons. The summed E-state index contributed by atoms with van der Waals surface area (Å²) in [6.07, 6.45) is -4.38. The Labute approximate surface area is 118 Å². The van der Waals surface area contributed by atoms with Crippen molar-refractivity contribution in [1.29, 1.82) is 0 Å². The molecular formula is C12H12F3N5O. The Bertz CT molecular complexity index is 609. The van der Waals surface area contributed by atoms with E-state index in [1.54, 1.807) is 0 Å². The molecule has 6 nitrogen and oxygen atoms in total. The van der Waals surface area contributed by atoms with Gasteiger partial charge in [-0.3, -0.25) is 4.79 Å². The molecule has 0 spiro atoms. The maximum absolute atomic E-state index is 12.7. The third kappa shape index (κ3) is 3.19. The van der Waals surface area contributed by atoms with Gasteiger partial charge in [0.05, 0.1) is 16.9 Å². The number of benzene rings is 1. The van der Waals surface area contributed by atoms with Crippen molar-refractivity contribution in [2.24, 2.45) is 11.0 Å². The van der Waals surface area contributed by atoms with Gasteiger partial charge in [-0.25, -0.2) is 0 Å². The lowest BCUT2D eigenvalue weighted by Crippen LogP contribution is -2.26. The molecule has 21 heavy (non-hydrogen) atoms. The summed E-state index contributed by atoms with van der Waals surface area (Å²) in [4.78, 5) is 15.7. The van der Waals surface area contributed by atoms with Crippen LogP contribution in [0, 0.1) is 5.92 Å². The number of carbonyl (C=O) groups is 1. The van der Waals surface area contributed by atoms with Crippen LogP contribution < -0.4 is 10.6 Å². The van der Waals surface area contributed by atoms with Gasteiger partial charge in [-0.1, -0.05) is 5.11 Å². The first-order valence-electron chi connectivity index (χ1n) is 6.11. The van der Waals surface area contributed by atoms with Crippen molar-refractivity contribution in [2.75, 3.05) is 23.7 Å². The zero-order chi connectivity index (χ0) is 15.6. The Kier molecular flexibility index (Phi) is 3.95. The van der Waals surface area contributed by atoms with Crippen LogP contribution in [0.1, 0.15) is 12.0 Å². The number of nitrogen functional groups attached to an aromatic ring is 1. The molecule has 1 aromatic rings. The molecule has 1 heterocycles. The minimum Gasteiger partial charge on any atom is -0.397 e. The molecule has 0 saturated carbocycles. The molecule has 1 saturated heterocycles. The summed E-state index contributed by atoms with van der Waals surface area (Å²) in [5.41, 5.74) is 13.2. The van der Waals surface area contributed by atoms with Crippen molar-refractivity contribution in [3.8, 4) is 0 Å². The van der Waals surface area contributed by atoms with Gasteiger partial charge in [-0.05, 0) is 29.6 Å². The Morgan fingerprint density at radius 1 is 1.48 bits per heavy atom. The van der Waals surface area contributed by atoms with Gasteiger partial charge in [0, 0.05) is 24.4 Å². The monoisotopic (exact) mass is 299 g/mol. The number of nitrogens with zero attached hydrogens (tertiary/aromatic N) is 4. The highest BCUT2D eigenvalue weighted by atomic mass is 19.4. The van der Waals surface area contributed by atoms with E-state index in [1.165, 1.54) is 4.90 Å². The molecule has 1 atom stereocenters. The van der Waals surface area contributed by atoms with E-state index < -0.39 is 11.7 Å². The number of amides is 1. The van der Waals surface area contributed by atoms with Gasteiger partial charge in [0.1, 0.15) is 0 Å². The second-order valence-corrected chi connectivity index (χ2v) is 4.76. The molecule has 1 unspecified atom stereocenters. The maximum Gasteiger partial charge on any atom is 0.416 e. The van der Waals surface area contributed by atoms with Crippen LogP contribution in [-0.4, -0.2) is 19.0 Å². The quantitative estimate of drug-likeness (QED) is 0.402. The van der Waals surface area contributed by atoms with E-state index >= 15 is 0 Å². The van der Waals surface area contributed by atoms with Crippen molar-refractivity contribution in [3.63, 3.8) is 0 Å². The largest absolute Gasteiger partial charge is 0.416 e. The third-order valence-electron chi connectivity index (χ3n) is 3.26. The summed E-state index contributed by atoms with van der Waals surface area (Å²) in [7, 11) is 0. The molecule has 9 heteroatoms. The van der Waals surface area contributed by atoms with Gasteiger partial charge in [0.15, 0.2) is 0 Å². The lowest BCUT2D eigenvalue weighted by atomic mass is 10.1. The minimum absolute atomic E-state index is 0.0401. The normalized spacial score (nSPS) is 18.7. The van der Waals surface area contributed by atoms with Crippen LogP contribution in [0.3, 0.4) is 0 Å². The van der Waals surface area contributed by atoms with E-state index in [0.717, 1.165) is 18.2 Å². The summed E-state index contributed by atoms with van der Waals surface area (Å²) in [5.74, 6) is -0.554. The maximum atomic E-state index is 12.7. The van der Waals surface area contributed by atoms with E-state index in [1.807, 2.05) is 0 Å². The van der Waals surface area contributed by atoms with Crippen LogP contribution in [0.15, 0.2) is 23.3 Å². The first kappa shape index (κ1) is 15.0. The third-order valence-corrected chi connectivity index (χ3v) is 3.26. The standard InChI is InChI=1S/C12H12F3N5O/c13-12(14,15)8-1-2-9(16)10(4-8)20-6-7(3-11(20)21)5-18-19-17/h1-2,4,7H,3,5-6,16H2. The predicted octanol–water partition coefficient (Wildman–Crippen LogP) is 2.95. The van der Waals surface area contributed by atoms with E-state index in [2.05, 4.69) is 10.0 Å². The zero-order valence-corrected chi connectivity index (χ0v) is 10.8. The Balaban J connectivity index is 2.29. The van der Waals surface area contributed by atoms with Crippen LogP contribution in [0.4, 0.5) is 24.5 Å². The molecule has 2 N–H and O–H groups in total. The second-order valence-electron chi connectivity index (χ2n) is 4.76. The first-order valence-corrected chi connectivity index (χ1v) is 6.11. The highest BCUT2D eigenvalue weighted by Crippen LogP contribution is 2.36. The number of hydrogen-bond donors (Lipinski definition) is 1. The van der Waals surface area contributed by atoms with Crippen molar-refractivity contribution in [3.05, 3.63) is 34.2 Å². The SMILES string of the molecule is [N-]=[N+]=NCC1CC(=O)N(c2cc(C(F)(F)F)ccc2N)C1. The van der Waals surface area contributed by atoms with Crippen LogP contribution in [0.2, 0.25) is 0 Å². The fraction of sp³-hybridized carbons (Fsp3) is 0.417. The van der Waals surface area contributed by atoms with Gasteiger partial charge < -0.3 is 10.6 Å². The van der Waals surface area contributed by atoms with Crippen molar-refractivity contribution in [1.82, 2.24) is 0 Å². The van der Waals surface area contributed by atoms with E-state index in [4.69, 9.17) is 11.3 Å². The van der Waals surface area contributed by atoms with E-state index in [9.17, 15) is 18.0 Å². The van der Waals surface area contributed by atoms with Gasteiger partial charge in [-0.2, -0.15) is 13.2 Å². The molecule has 1 amide bonds. The molecule has 0 bridgehead atoms. The highest BCUT2D eigenvalue weighted by molar-refractivity contribution is 5.98. The predicted molar refractivity (Wildman–Crippen MR) is 70.3 cm³/mol. The van der Waals surface area contributed by atoms with Crippen molar-refractivity contribution in [2.45, 2.75) is 12.6 Å². The van der Waals surface area contributed by atoms with E-state index in [-0.39, 0.29) is 42.7 Å². The number of anilines is 2. The topological polar surface area (TPSA) is 95.1 Å². The first-order chi connectivity index (χ1) is 9.82.